The molecule has 424 valence electrons. The number of carbonyl (C=O) groups is 3. The summed E-state index contributed by atoms with van der Waals surface area (Å²) >= 11 is 0. The number of pyridine rings is 1. The Balaban J connectivity index is 0.650. The molecule has 0 aliphatic carbocycles. The van der Waals surface area contributed by atoms with Crippen molar-refractivity contribution in [3.05, 3.63) is 118 Å². The first-order valence-electron chi connectivity index (χ1n) is 29.2. The van der Waals surface area contributed by atoms with Crippen molar-refractivity contribution < 1.29 is 23.9 Å². The summed E-state index contributed by atoms with van der Waals surface area (Å²) in [5.41, 5.74) is 11.0. The molecule has 18 heteroatoms. The van der Waals surface area contributed by atoms with Crippen molar-refractivity contribution in [2.45, 2.75) is 122 Å². The Morgan fingerprint density at radius 1 is 0.838 bits per heavy atom. The van der Waals surface area contributed by atoms with Crippen LogP contribution in [-0.4, -0.2) is 146 Å². The number of amides is 3. The molecule has 3 atom stereocenters. The van der Waals surface area contributed by atoms with Crippen LogP contribution < -0.4 is 11.0 Å². The second kappa shape index (κ2) is 23.3. The quantitative estimate of drug-likeness (QED) is 0.0529. The molecule has 4 aromatic heterocycles. The van der Waals surface area contributed by atoms with Crippen LogP contribution in [0.2, 0.25) is 25.7 Å². The molecule has 1 N–H and O–H groups in total. The minimum Gasteiger partial charge on any atom is -0.377 e. The molecule has 0 radical (unpaired) electrons. The van der Waals surface area contributed by atoms with Gasteiger partial charge in [-0.25, -0.2) is 14.8 Å². The summed E-state index contributed by atoms with van der Waals surface area (Å²) in [6.45, 7) is 21.6. The molecule has 8 heterocycles. The fourth-order valence-corrected chi connectivity index (χ4v) is 13.9. The van der Waals surface area contributed by atoms with Gasteiger partial charge in [0.15, 0.2) is 0 Å². The molecule has 0 bridgehead atoms. The minimum absolute atomic E-state index is 0.139. The first-order chi connectivity index (χ1) is 38.5. The van der Waals surface area contributed by atoms with Gasteiger partial charge in [0.1, 0.15) is 30.9 Å². The van der Waals surface area contributed by atoms with E-state index < -0.39 is 20.0 Å². The van der Waals surface area contributed by atoms with Gasteiger partial charge >= 0.3 is 5.69 Å². The van der Waals surface area contributed by atoms with Crippen LogP contribution in [0, 0.1) is 5.92 Å². The van der Waals surface area contributed by atoms with Crippen molar-refractivity contribution in [1.29, 1.82) is 0 Å². The molecule has 0 saturated carbocycles. The number of methoxy groups -OCH3 is 1. The number of benzene rings is 3. The Morgan fingerprint density at radius 3 is 2.34 bits per heavy atom. The van der Waals surface area contributed by atoms with E-state index in [0.717, 1.165) is 153 Å². The Hall–Kier alpha value is -6.28. The largest absolute Gasteiger partial charge is 0.377 e. The number of aromatic nitrogens is 6. The maximum Gasteiger partial charge on any atom is 0.329 e. The third-order valence-corrected chi connectivity index (χ3v) is 19.8. The number of rotatable bonds is 17. The zero-order chi connectivity index (χ0) is 56.0. The highest BCUT2D eigenvalue weighted by Gasteiger charge is 2.34. The van der Waals surface area contributed by atoms with Gasteiger partial charge in [-0.2, -0.15) is 0 Å². The van der Waals surface area contributed by atoms with Crippen molar-refractivity contribution in [1.82, 2.24) is 53.2 Å². The third-order valence-electron chi connectivity index (χ3n) is 18.1. The van der Waals surface area contributed by atoms with Crippen molar-refractivity contribution in [3.63, 3.8) is 0 Å². The van der Waals surface area contributed by atoms with Crippen LogP contribution >= 0.6 is 0 Å². The third kappa shape index (κ3) is 11.5. The summed E-state index contributed by atoms with van der Waals surface area (Å²) in [6.07, 6.45) is 6.62. The van der Waals surface area contributed by atoms with E-state index in [-0.39, 0.29) is 30.0 Å². The Labute approximate surface area is 470 Å². The number of likely N-dealkylation sites (tertiary alicyclic amines) is 2. The summed E-state index contributed by atoms with van der Waals surface area (Å²) in [5, 5.41) is 3.54. The lowest BCUT2D eigenvalue weighted by Crippen LogP contribution is -2.53. The SMILES string of the molecule is COCc1nc2ccc(-c3ccnc4c3cc([C@H](C)N3CCC(c5ccc(C(=O)N6CCC(CN7CCN(Cc8ccc9c(c8)n(C)c(=O)n9C8CCC(=O)NC8=O)C[C@@H]7C)CC6)cc5)CC3)n4C)cc2n1COCC[Si](C)(C)C. The maximum atomic E-state index is 13.9. The van der Waals surface area contributed by atoms with Crippen molar-refractivity contribution >= 4 is 58.9 Å². The predicted octanol–water partition coefficient (Wildman–Crippen LogP) is 8.68. The van der Waals surface area contributed by atoms with Crippen LogP contribution in [0.4, 0.5) is 0 Å². The van der Waals surface area contributed by atoms with Gasteiger partial charge in [-0.3, -0.25) is 43.5 Å². The highest BCUT2D eigenvalue weighted by Crippen LogP contribution is 2.38. The first-order valence-corrected chi connectivity index (χ1v) is 32.9. The lowest BCUT2D eigenvalue weighted by Gasteiger charge is -2.42. The van der Waals surface area contributed by atoms with Crippen LogP contribution in [0.25, 0.3) is 44.2 Å². The molecule has 3 aromatic carbocycles. The number of hydrogen-bond acceptors (Lipinski definition) is 11. The summed E-state index contributed by atoms with van der Waals surface area (Å²) in [4.78, 5) is 71.3. The van der Waals surface area contributed by atoms with Crippen molar-refractivity contribution in [2.75, 3.05) is 66.1 Å². The lowest BCUT2D eigenvalue weighted by atomic mass is 9.88. The van der Waals surface area contributed by atoms with Crippen LogP contribution in [0.5, 0.6) is 0 Å². The van der Waals surface area contributed by atoms with Crippen LogP contribution in [0.1, 0.15) is 103 Å². The number of imidazole rings is 2. The Kier molecular flexibility index (Phi) is 16.2. The zero-order valence-corrected chi connectivity index (χ0v) is 49.2. The molecule has 4 aliphatic heterocycles. The van der Waals surface area contributed by atoms with Gasteiger partial charge in [0.2, 0.25) is 11.8 Å². The summed E-state index contributed by atoms with van der Waals surface area (Å²) in [5.74, 6) is 1.30. The van der Waals surface area contributed by atoms with E-state index in [1.807, 2.05) is 12.3 Å². The molecular weight excluding hydrogens is 1020 g/mol. The summed E-state index contributed by atoms with van der Waals surface area (Å²) in [6, 6.07) is 26.6. The molecule has 11 rings (SSSR count). The normalized spacial score (nSPS) is 20.2. The van der Waals surface area contributed by atoms with Gasteiger partial charge in [-0.15, -0.1) is 0 Å². The van der Waals surface area contributed by atoms with Crippen molar-refractivity contribution in [2.24, 2.45) is 20.0 Å². The molecule has 4 fully saturated rings. The van der Waals surface area contributed by atoms with Crippen LogP contribution in [-0.2, 0) is 53.0 Å². The molecule has 4 aliphatic rings. The second-order valence-electron chi connectivity index (χ2n) is 24.6. The van der Waals surface area contributed by atoms with Crippen LogP contribution in [0.3, 0.4) is 0 Å². The average molecular weight is 1100 g/mol. The number of piperidine rings is 3. The number of aryl methyl sites for hydroxylation is 2. The molecule has 4 saturated heterocycles. The van der Waals surface area contributed by atoms with Gasteiger partial charge < -0.3 is 23.5 Å². The number of hydrogen-bond donors (Lipinski definition) is 1. The predicted molar refractivity (Wildman–Crippen MR) is 316 cm³/mol. The number of nitrogens with zero attached hydrogens (tertiary/aromatic N) is 10. The number of piperazine rings is 1. The van der Waals surface area contributed by atoms with Gasteiger partial charge in [0.05, 0.1) is 22.1 Å². The standard InChI is InChI=1S/C62H81N11O6Si/c1-41-36-68(37-44-9-16-52-56(33-44)67(4)62(77)73(52)53-17-18-58(74)65-60(53)75)29-30-71(41)38-43-20-25-70(26-21-43)61(76)47-12-10-45(11-13-47)46-22-27-69(28-23-46)42(2)54-35-50-49(19-24-63-59(50)66(54)3)48-14-15-51-55(34-48)72(57(64-51)39-78-5)40-79-31-32-80(6,7)8/h9-16,19,24,33-35,41-43,46,53H,17-18,20-23,25-32,36-40H2,1-8H3,(H,65,74,75)/t41-,42-,53?/m0/s1. The maximum absolute atomic E-state index is 13.9. The first kappa shape index (κ1) is 55.6. The van der Waals surface area contributed by atoms with Crippen LogP contribution in [0.15, 0.2) is 83.8 Å². The fraction of sp³-hybridized carbons (Fsp3) is 0.516. The van der Waals surface area contributed by atoms with Gasteiger partial charge in [-0.1, -0.05) is 43.9 Å². The Bertz CT molecular complexity index is 3470. The molecule has 17 nitrogen and oxygen atoms in total. The number of ether oxygens (including phenoxy) is 2. The lowest BCUT2D eigenvalue weighted by molar-refractivity contribution is -0.135. The molecule has 1 unspecified atom stereocenters. The monoisotopic (exact) mass is 1100 g/mol. The van der Waals surface area contributed by atoms with Gasteiger partial charge in [0, 0.05) is 123 Å². The van der Waals surface area contributed by atoms with E-state index in [2.05, 4.69) is 141 Å². The average Bonchev–Trinajstić information content (AvgIpc) is 4.10. The van der Waals surface area contributed by atoms with E-state index in [1.54, 1.807) is 18.7 Å². The van der Waals surface area contributed by atoms with E-state index in [4.69, 9.17) is 19.4 Å². The molecule has 3 amide bonds. The van der Waals surface area contributed by atoms with E-state index in [9.17, 15) is 19.2 Å². The fourth-order valence-electron chi connectivity index (χ4n) is 13.2. The topological polar surface area (TPSA) is 157 Å². The zero-order valence-electron chi connectivity index (χ0n) is 48.2. The van der Waals surface area contributed by atoms with Gasteiger partial charge in [-0.05, 0) is 148 Å². The number of carbonyl (C=O) groups excluding carboxylic acids is 3. The van der Waals surface area contributed by atoms with E-state index in [1.165, 1.54) is 15.8 Å². The molecule has 0 spiro atoms. The minimum atomic E-state index is -1.22. The highest BCUT2D eigenvalue weighted by molar-refractivity contribution is 6.76. The molecule has 7 aromatic rings. The smallest absolute Gasteiger partial charge is 0.329 e. The number of nitrogens with one attached hydrogen (secondary N) is 1. The molecule has 80 heavy (non-hydrogen) atoms. The summed E-state index contributed by atoms with van der Waals surface area (Å²) in [7, 11) is 4.38. The van der Waals surface area contributed by atoms with Gasteiger partial charge in [0.25, 0.3) is 5.91 Å². The second-order valence-corrected chi connectivity index (χ2v) is 30.2. The number of imide groups is 1. The van der Waals surface area contributed by atoms with Crippen molar-refractivity contribution in [3.8, 4) is 11.1 Å². The molecular formula is C62H81N11O6Si. The van der Waals surface area contributed by atoms with E-state index >= 15 is 0 Å². The van der Waals surface area contributed by atoms with E-state index in [0.29, 0.717) is 43.2 Å². The summed E-state index contributed by atoms with van der Waals surface area (Å²) < 4.78 is 19.4. The Morgan fingerprint density at radius 2 is 1.61 bits per heavy atom. The highest BCUT2D eigenvalue weighted by atomic mass is 28.3. The number of fused-ring (bicyclic) bond motifs is 3.